The maximum Gasteiger partial charge on any atom is 0.297 e. The Morgan fingerprint density at radius 3 is 1.95 bits per heavy atom. The van der Waals surface area contributed by atoms with Crippen molar-refractivity contribution in [1.82, 2.24) is 0 Å². The summed E-state index contributed by atoms with van der Waals surface area (Å²) in [6.45, 7) is 2.17. The monoisotopic (exact) mass is 524 g/mol. The number of para-hydroxylation sites is 3. The first-order valence-corrected chi connectivity index (χ1v) is 14.2. The molecule has 7 aromatic rings. The molecule has 3 heterocycles. The number of benzene rings is 6. The second-order valence-corrected chi connectivity index (χ2v) is 11.0. The third-order valence-corrected chi connectivity index (χ3v) is 8.78. The molecule has 0 spiro atoms. The van der Waals surface area contributed by atoms with Crippen LogP contribution in [0.3, 0.4) is 0 Å². The van der Waals surface area contributed by atoms with Crippen molar-refractivity contribution < 1.29 is 4.42 Å². The highest BCUT2D eigenvalue weighted by Crippen LogP contribution is 2.47. The largest absolute Gasteiger partial charge is 0.468 e. The van der Waals surface area contributed by atoms with Crippen molar-refractivity contribution in [2.75, 3.05) is 9.80 Å². The molecule has 0 fully saturated rings. The normalized spacial score (nSPS) is 13.3. The van der Waals surface area contributed by atoms with Gasteiger partial charge in [0.1, 0.15) is 5.58 Å². The smallest absolute Gasteiger partial charge is 0.297 e. The van der Waals surface area contributed by atoms with E-state index in [-0.39, 0.29) is 6.71 Å². The predicted octanol–water partition coefficient (Wildman–Crippen LogP) is 7.98. The minimum Gasteiger partial charge on any atom is -0.468 e. The Balaban J connectivity index is 1.44. The van der Waals surface area contributed by atoms with Gasteiger partial charge in [-0.15, -0.1) is 0 Å². The van der Waals surface area contributed by atoms with E-state index in [1.807, 2.05) is 0 Å². The fourth-order valence-electron chi connectivity index (χ4n) is 7.08. The molecule has 0 atom stereocenters. The molecular formula is C37H25BN2O. The zero-order chi connectivity index (χ0) is 27.1. The van der Waals surface area contributed by atoms with Gasteiger partial charge in [0, 0.05) is 39.4 Å². The van der Waals surface area contributed by atoms with Gasteiger partial charge in [-0.2, -0.15) is 0 Å². The van der Waals surface area contributed by atoms with Crippen LogP contribution in [-0.4, -0.2) is 6.71 Å². The number of fused-ring (bicyclic) bond motifs is 7. The summed E-state index contributed by atoms with van der Waals surface area (Å²) in [6, 6.07) is 47.8. The lowest BCUT2D eigenvalue weighted by atomic mass is 9.35. The van der Waals surface area contributed by atoms with Crippen LogP contribution in [0.2, 0.25) is 0 Å². The molecule has 9 rings (SSSR count). The molecule has 0 N–H and O–H groups in total. The molecule has 0 amide bonds. The van der Waals surface area contributed by atoms with Crippen LogP contribution in [0.25, 0.3) is 21.7 Å². The highest BCUT2D eigenvalue weighted by Gasteiger charge is 2.46. The van der Waals surface area contributed by atoms with Crippen molar-refractivity contribution in [2.24, 2.45) is 0 Å². The van der Waals surface area contributed by atoms with Gasteiger partial charge in [0.15, 0.2) is 0 Å². The second-order valence-electron chi connectivity index (χ2n) is 11.0. The molecule has 6 aromatic carbocycles. The first kappa shape index (κ1) is 22.6. The summed E-state index contributed by atoms with van der Waals surface area (Å²) in [4.78, 5) is 4.82. The molecule has 0 radical (unpaired) electrons. The van der Waals surface area contributed by atoms with E-state index < -0.39 is 0 Å². The molecule has 0 bridgehead atoms. The Hall–Kier alpha value is -5.22. The maximum absolute atomic E-state index is 7.07. The number of hydrogen-bond donors (Lipinski definition) is 0. The van der Waals surface area contributed by atoms with Gasteiger partial charge in [-0.05, 0) is 77.2 Å². The molecule has 1 aromatic heterocycles. The molecule has 3 nitrogen and oxygen atoms in total. The molecule has 2 aliphatic heterocycles. The summed E-state index contributed by atoms with van der Waals surface area (Å²) in [5.41, 5.74) is 12.7. The van der Waals surface area contributed by atoms with E-state index in [1.165, 1.54) is 44.3 Å². The van der Waals surface area contributed by atoms with Crippen molar-refractivity contribution in [2.45, 2.75) is 6.92 Å². The van der Waals surface area contributed by atoms with Gasteiger partial charge in [0.25, 0.3) is 6.71 Å². The Bertz CT molecular complexity index is 2130. The van der Waals surface area contributed by atoms with Crippen LogP contribution < -0.4 is 26.4 Å². The van der Waals surface area contributed by atoms with E-state index in [0.717, 1.165) is 33.7 Å². The van der Waals surface area contributed by atoms with Crippen LogP contribution in [0, 0.1) is 6.92 Å². The predicted molar refractivity (Wildman–Crippen MR) is 172 cm³/mol. The summed E-state index contributed by atoms with van der Waals surface area (Å²) in [5.74, 6) is 0. The molecular weight excluding hydrogens is 499 g/mol. The average Bonchev–Trinajstić information content (AvgIpc) is 3.41. The number of anilines is 6. The highest BCUT2D eigenvalue weighted by molar-refractivity contribution is 6.99. The third-order valence-electron chi connectivity index (χ3n) is 8.78. The minimum absolute atomic E-state index is 0.0257. The molecule has 0 unspecified atom stereocenters. The van der Waals surface area contributed by atoms with Crippen molar-refractivity contribution in [3.05, 3.63) is 139 Å². The molecule has 0 saturated carbocycles. The van der Waals surface area contributed by atoms with Gasteiger partial charge in [0.2, 0.25) is 0 Å². The molecule has 0 aliphatic carbocycles. The Labute approximate surface area is 239 Å². The third kappa shape index (κ3) is 3.05. The minimum atomic E-state index is -0.0257. The van der Waals surface area contributed by atoms with Crippen LogP contribution >= 0.6 is 0 Å². The number of aryl methyl sites for hydroxylation is 1. The van der Waals surface area contributed by atoms with Crippen molar-refractivity contribution in [1.29, 1.82) is 0 Å². The Morgan fingerprint density at radius 2 is 1.17 bits per heavy atom. The number of hydrogen-bond acceptors (Lipinski definition) is 3. The van der Waals surface area contributed by atoms with E-state index in [2.05, 4.69) is 150 Å². The fourth-order valence-corrected chi connectivity index (χ4v) is 7.08. The zero-order valence-electron chi connectivity index (χ0n) is 22.6. The number of furan rings is 1. The van der Waals surface area contributed by atoms with Gasteiger partial charge in [-0.3, -0.25) is 0 Å². The number of nitrogens with zero attached hydrogens (tertiary/aromatic N) is 2. The second kappa shape index (κ2) is 8.39. The van der Waals surface area contributed by atoms with Crippen molar-refractivity contribution in [3.8, 4) is 0 Å². The summed E-state index contributed by atoms with van der Waals surface area (Å²) < 4.78 is 7.07. The SMILES string of the molecule is Cc1c2ccccc2cc2c3c(oc12)B1c2ccccc2N(c2ccccc2)c2cccc(c21)N3c1ccccc1. The molecule has 2 aliphatic rings. The quantitative estimate of drug-likeness (QED) is 0.214. The van der Waals surface area contributed by atoms with E-state index in [1.54, 1.807) is 0 Å². The maximum atomic E-state index is 7.07. The Morgan fingerprint density at radius 1 is 0.561 bits per heavy atom. The van der Waals surface area contributed by atoms with Crippen molar-refractivity contribution in [3.63, 3.8) is 0 Å². The van der Waals surface area contributed by atoms with Gasteiger partial charge in [-0.25, -0.2) is 0 Å². The molecule has 41 heavy (non-hydrogen) atoms. The van der Waals surface area contributed by atoms with E-state index in [9.17, 15) is 0 Å². The molecule has 4 heteroatoms. The summed E-state index contributed by atoms with van der Waals surface area (Å²) >= 11 is 0. The summed E-state index contributed by atoms with van der Waals surface area (Å²) in [7, 11) is 0. The van der Waals surface area contributed by atoms with Gasteiger partial charge in [-0.1, -0.05) is 84.9 Å². The Kier molecular flexibility index (Phi) is 4.62. The van der Waals surface area contributed by atoms with Gasteiger partial charge in [0.05, 0.1) is 11.3 Å². The molecule has 0 saturated heterocycles. The van der Waals surface area contributed by atoms with Crippen LogP contribution in [0.1, 0.15) is 5.56 Å². The molecule has 192 valence electrons. The lowest BCUT2D eigenvalue weighted by Gasteiger charge is -2.42. The average molecular weight is 524 g/mol. The van der Waals surface area contributed by atoms with E-state index in [0.29, 0.717) is 0 Å². The lowest BCUT2D eigenvalue weighted by molar-refractivity contribution is 0.649. The standard InChI is InChI=1S/C37H25BN2O/c1-24-28-18-9-8-13-25(28)23-29-35-37(41-36(24)29)38-30-19-10-11-20-31(30)39(26-14-4-2-5-15-26)32-21-12-22-33(34(32)38)40(35)27-16-6-3-7-17-27/h2-23H,1H3. The van der Waals surface area contributed by atoms with Crippen LogP contribution in [0.5, 0.6) is 0 Å². The lowest BCUT2D eigenvalue weighted by Crippen LogP contribution is -2.60. The summed E-state index contributed by atoms with van der Waals surface area (Å²) in [6.07, 6.45) is 0. The van der Waals surface area contributed by atoms with Crippen molar-refractivity contribution >= 4 is 79.2 Å². The fraction of sp³-hybridized carbons (Fsp3) is 0.0270. The van der Waals surface area contributed by atoms with E-state index in [4.69, 9.17) is 4.42 Å². The summed E-state index contributed by atoms with van der Waals surface area (Å²) in [5, 5.41) is 3.61. The first-order valence-electron chi connectivity index (χ1n) is 14.2. The van der Waals surface area contributed by atoms with Crippen LogP contribution in [0.15, 0.2) is 138 Å². The van der Waals surface area contributed by atoms with Gasteiger partial charge < -0.3 is 14.2 Å². The first-order chi connectivity index (χ1) is 20.3. The van der Waals surface area contributed by atoms with Crippen LogP contribution in [0.4, 0.5) is 34.1 Å². The van der Waals surface area contributed by atoms with E-state index >= 15 is 0 Å². The van der Waals surface area contributed by atoms with Crippen LogP contribution in [-0.2, 0) is 0 Å². The topological polar surface area (TPSA) is 19.6 Å². The van der Waals surface area contributed by atoms with Gasteiger partial charge >= 0.3 is 0 Å². The highest BCUT2D eigenvalue weighted by atomic mass is 16.3. The zero-order valence-corrected chi connectivity index (χ0v) is 22.6. The number of rotatable bonds is 2.